The number of aromatic nitrogens is 1. The fourth-order valence-electron chi connectivity index (χ4n) is 3.19. The number of aromatic amines is 1. The number of rotatable bonds is 5. The molecule has 3 N–H and O–H groups in total. The summed E-state index contributed by atoms with van der Waals surface area (Å²) >= 11 is 0. The average Bonchev–Trinajstić information content (AvgIpc) is 3.07. The van der Waals surface area contributed by atoms with Crippen LogP contribution in [0.1, 0.15) is 21.5 Å². The van der Waals surface area contributed by atoms with Crippen molar-refractivity contribution in [3.05, 3.63) is 99.6 Å². The van der Waals surface area contributed by atoms with Gasteiger partial charge in [0.1, 0.15) is 0 Å². The van der Waals surface area contributed by atoms with Gasteiger partial charge in [0.05, 0.1) is 27.4 Å². The van der Waals surface area contributed by atoms with Gasteiger partial charge >= 0.3 is 5.97 Å². The highest BCUT2D eigenvalue weighted by molar-refractivity contribution is 6.22. The van der Waals surface area contributed by atoms with Crippen LogP contribution >= 0.6 is 0 Å². The van der Waals surface area contributed by atoms with Crippen LogP contribution in [0.3, 0.4) is 0 Å². The molecular weight excluding hydrogens is 386 g/mol. The molecule has 0 unspecified atom stereocenters. The standard InChI is InChI=1S/C22H15N3O5/c26-21-19(17-12-16(25(29)30)10-11-18(17)24-21)20(13-4-2-1-3-5-13)23-15-8-6-14(7-9-15)22(27)28/h1-12,24,26H,(H,27,28). The highest BCUT2D eigenvalue weighted by atomic mass is 16.6. The third-order valence-electron chi connectivity index (χ3n) is 4.61. The molecule has 0 radical (unpaired) electrons. The SMILES string of the molecule is O=C(O)c1ccc(N=C(c2ccccc2)c2c(O)[nH]c3ccc([N+](=O)[O-])cc23)cc1. The van der Waals surface area contributed by atoms with Gasteiger partial charge in [0.25, 0.3) is 5.69 Å². The fourth-order valence-corrected chi connectivity index (χ4v) is 3.19. The van der Waals surface area contributed by atoms with Crippen LogP contribution in [0.2, 0.25) is 0 Å². The van der Waals surface area contributed by atoms with Gasteiger partial charge in [0, 0.05) is 28.6 Å². The number of carbonyl (C=O) groups is 1. The molecule has 1 heterocycles. The van der Waals surface area contributed by atoms with E-state index in [0.29, 0.717) is 33.4 Å². The maximum absolute atomic E-state index is 11.2. The molecule has 0 saturated heterocycles. The zero-order chi connectivity index (χ0) is 21.3. The first-order valence-electron chi connectivity index (χ1n) is 8.91. The number of nitro benzene ring substituents is 1. The number of fused-ring (bicyclic) bond motifs is 1. The number of benzene rings is 3. The van der Waals surface area contributed by atoms with E-state index in [4.69, 9.17) is 5.11 Å². The van der Waals surface area contributed by atoms with Gasteiger partial charge in [-0.2, -0.15) is 0 Å². The van der Waals surface area contributed by atoms with Gasteiger partial charge in [0.15, 0.2) is 5.88 Å². The summed E-state index contributed by atoms with van der Waals surface area (Å²) in [5, 5.41) is 31.4. The van der Waals surface area contributed by atoms with Crippen molar-refractivity contribution in [1.29, 1.82) is 0 Å². The number of nitrogens with one attached hydrogen (secondary N) is 1. The van der Waals surface area contributed by atoms with E-state index in [9.17, 15) is 20.0 Å². The summed E-state index contributed by atoms with van der Waals surface area (Å²) in [7, 11) is 0. The van der Waals surface area contributed by atoms with Crippen molar-refractivity contribution in [2.75, 3.05) is 0 Å². The number of carboxylic acid groups (broad SMARTS) is 1. The minimum absolute atomic E-state index is 0.110. The summed E-state index contributed by atoms with van der Waals surface area (Å²) in [4.78, 5) is 29.3. The number of nitrogens with zero attached hydrogens (tertiary/aromatic N) is 2. The Morgan fingerprint density at radius 1 is 0.967 bits per heavy atom. The molecular formula is C22H15N3O5. The summed E-state index contributed by atoms with van der Waals surface area (Å²) in [6.45, 7) is 0. The molecule has 148 valence electrons. The van der Waals surface area contributed by atoms with E-state index in [1.54, 1.807) is 24.3 Å². The van der Waals surface area contributed by atoms with Crippen LogP contribution in [-0.2, 0) is 0 Å². The maximum atomic E-state index is 11.2. The molecule has 1 aromatic heterocycles. The molecule has 0 bridgehead atoms. The van der Waals surface area contributed by atoms with E-state index in [1.165, 1.54) is 30.3 Å². The molecule has 0 spiro atoms. The number of aromatic hydroxyl groups is 1. The van der Waals surface area contributed by atoms with Crippen LogP contribution in [0.5, 0.6) is 5.88 Å². The highest BCUT2D eigenvalue weighted by Crippen LogP contribution is 2.33. The van der Waals surface area contributed by atoms with Crippen molar-refractivity contribution in [1.82, 2.24) is 4.98 Å². The summed E-state index contributed by atoms with van der Waals surface area (Å²) in [6.07, 6.45) is 0. The van der Waals surface area contributed by atoms with Crippen LogP contribution in [0, 0.1) is 10.1 Å². The first kappa shape index (κ1) is 18.9. The first-order chi connectivity index (χ1) is 14.4. The molecule has 30 heavy (non-hydrogen) atoms. The highest BCUT2D eigenvalue weighted by Gasteiger charge is 2.20. The largest absolute Gasteiger partial charge is 0.494 e. The molecule has 0 aliphatic rings. The normalized spacial score (nSPS) is 11.5. The number of carboxylic acids is 1. The third kappa shape index (κ3) is 3.49. The van der Waals surface area contributed by atoms with Crippen molar-refractivity contribution in [2.24, 2.45) is 4.99 Å². The van der Waals surface area contributed by atoms with E-state index in [0.717, 1.165) is 0 Å². The zero-order valence-electron chi connectivity index (χ0n) is 15.4. The van der Waals surface area contributed by atoms with E-state index >= 15 is 0 Å². The summed E-state index contributed by atoms with van der Waals surface area (Å²) in [5.41, 5.74) is 2.41. The lowest BCUT2D eigenvalue weighted by atomic mass is 10.0. The second kappa shape index (κ2) is 7.51. The van der Waals surface area contributed by atoms with Gasteiger partial charge in [-0.1, -0.05) is 30.3 Å². The van der Waals surface area contributed by atoms with Crippen molar-refractivity contribution in [3.8, 4) is 5.88 Å². The molecule has 4 aromatic rings. The Kier molecular flexibility index (Phi) is 4.73. The predicted molar refractivity (Wildman–Crippen MR) is 112 cm³/mol. The molecule has 0 amide bonds. The van der Waals surface area contributed by atoms with Crippen molar-refractivity contribution in [3.63, 3.8) is 0 Å². The fraction of sp³-hybridized carbons (Fsp3) is 0. The lowest BCUT2D eigenvalue weighted by molar-refractivity contribution is -0.384. The van der Waals surface area contributed by atoms with Crippen molar-refractivity contribution >= 4 is 34.0 Å². The van der Waals surface area contributed by atoms with E-state index in [-0.39, 0.29) is 17.1 Å². The van der Waals surface area contributed by atoms with Gasteiger partial charge in [0.2, 0.25) is 0 Å². The molecule has 0 aliphatic carbocycles. The number of hydrogen-bond donors (Lipinski definition) is 3. The second-order valence-corrected chi connectivity index (χ2v) is 6.51. The molecule has 0 atom stereocenters. The van der Waals surface area contributed by atoms with Crippen molar-refractivity contribution in [2.45, 2.75) is 0 Å². The molecule has 0 saturated carbocycles. The monoisotopic (exact) mass is 401 g/mol. The molecule has 4 rings (SSSR count). The number of non-ortho nitro benzene ring substituents is 1. The first-order valence-corrected chi connectivity index (χ1v) is 8.91. The maximum Gasteiger partial charge on any atom is 0.335 e. The number of nitro groups is 1. The van der Waals surface area contributed by atoms with Crippen LogP contribution in [0.15, 0.2) is 77.8 Å². The quantitative estimate of drug-likeness (QED) is 0.255. The van der Waals surface area contributed by atoms with Gasteiger partial charge in [-0.05, 0) is 30.3 Å². The van der Waals surface area contributed by atoms with E-state index in [1.807, 2.05) is 18.2 Å². The van der Waals surface area contributed by atoms with Crippen LogP contribution < -0.4 is 0 Å². The van der Waals surface area contributed by atoms with Crippen molar-refractivity contribution < 1.29 is 19.9 Å². The van der Waals surface area contributed by atoms with Crippen LogP contribution in [-0.4, -0.2) is 31.8 Å². The van der Waals surface area contributed by atoms with Crippen LogP contribution in [0.4, 0.5) is 11.4 Å². The molecule has 0 aliphatic heterocycles. The topological polar surface area (TPSA) is 129 Å². The number of aromatic carboxylic acids is 1. The minimum atomic E-state index is -1.05. The Labute approximate surface area is 169 Å². The van der Waals surface area contributed by atoms with Gasteiger partial charge in [-0.3, -0.25) is 10.1 Å². The third-order valence-corrected chi connectivity index (χ3v) is 4.61. The van der Waals surface area contributed by atoms with Gasteiger partial charge in [-0.25, -0.2) is 9.79 Å². The number of hydrogen-bond acceptors (Lipinski definition) is 5. The Bertz CT molecular complexity index is 1290. The average molecular weight is 401 g/mol. The Morgan fingerprint density at radius 3 is 2.30 bits per heavy atom. The second-order valence-electron chi connectivity index (χ2n) is 6.51. The smallest absolute Gasteiger partial charge is 0.335 e. The minimum Gasteiger partial charge on any atom is -0.494 e. The molecule has 8 heteroatoms. The number of aliphatic imine (C=N–C) groups is 1. The van der Waals surface area contributed by atoms with Gasteiger partial charge < -0.3 is 15.2 Å². The summed E-state index contributed by atoms with van der Waals surface area (Å²) in [5.74, 6) is -1.22. The summed E-state index contributed by atoms with van der Waals surface area (Å²) in [6, 6.07) is 19.3. The Balaban J connectivity index is 1.95. The molecule has 8 nitrogen and oxygen atoms in total. The van der Waals surface area contributed by atoms with E-state index in [2.05, 4.69) is 9.98 Å². The molecule has 3 aromatic carbocycles. The Morgan fingerprint density at radius 2 is 1.67 bits per heavy atom. The summed E-state index contributed by atoms with van der Waals surface area (Å²) < 4.78 is 0. The van der Waals surface area contributed by atoms with Crippen LogP contribution in [0.25, 0.3) is 10.9 Å². The predicted octanol–water partition coefficient (Wildman–Crippen LogP) is 4.65. The Hall–Kier alpha value is -4.46. The number of H-pyrrole nitrogens is 1. The lowest BCUT2D eigenvalue weighted by Gasteiger charge is -2.08. The zero-order valence-corrected chi connectivity index (χ0v) is 15.4. The molecule has 0 fully saturated rings. The van der Waals surface area contributed by atoms with E-state index < -0.39 is 10.9 Å². The lowest BCUT2D eigenvalue weighted by Crippen LogP contribution is -2.03. The van der Waals surface area contributed by atoms with Gasteiger partial charge in [-0.15, -0.1) is 0 Å².